The molecule has 0 saturated carbocycles. The van der Waals surface area contributed by atoms with Crippen molar-refractivity contribution in [2.45, 2.75) is 32.2 Å². The molecule has 34 heavy (non-hydrogen) atoms. The lowest BCUT2D eigenvalue weighted by molar-refractivity contribution is 0.0945. The summed E-state index contributed by atoms with van der Waals surface area (Å²) in [6.07, 6.45) is 0. The van der Waals surface area contributed by atoms with E-state index in [9.17, 15) is 13.2 Å². The number of benzene rings is 3. The van der Waals surface area contributed by atoms with Gasteiger partial charge in [-0.1, -0.05) is 60.2 Å². The Morgan fingerprint density at radius 3 is 2.24 bits per heavy atom. The highest BCUT2D eigenvalue weighted by molar-refractivity contribution is 7.89. The van der Waals surface area contributed by atoms with Crippen LogP contribution in [0.4, 0.5) is 0 Å². The number of aromatic nitrogens is 4. The average Bonchev–Trinajstić information content (AvgIpc) is 3.26. The van der Waals surface area contributed by atoms with Crippen LogP contribution in [0.15, 0.2) is 71.6 Å². The number of carbonyl (C=O) groups is 1. The van der Waals surface area contributed by atoms with Crippen LogP contribution in [0.25, 0.3) is 11.4 Å². The summed E-state index contributed by atoms with van der Waals surface area (Å²) in [4.78, 5) is 16.3. The largest absolute Gasteiger partial charge is 0.273 e. The summed E-state index contributed by atoms with van der Waals surface area (Å²) >= 11 is 0. The van der Waals surface area contributed by atoms with E-state index in [2.05, 4.69) is 25.7 Å². The van der Waals surface area contributed by atoms with E-state index in [1.807, 2.05) is 37.3 Å². The fraction of sp³-hybridized carbons (Fsp3) is 0.167. The van der Waals surface area contributed by atoms with Crippen molar-refractivity contribution in [3.05, 3.63) is 94.5 Å². The summed E-state index contributed by atoms with van der Waals surface area (Å²) in [5.74, 6) is -0.0364. The van der Waals surface area contributed by atoms with E-state index >= 15 is 0 Å². The van der Waals surface area contributed by atoms with Crippen LogP contribution < -0.4 is 10.3 Å². The first kappa shape index (κ1) is 23.3. The predicted molar refractivity (Wildman–Crippen MR) is 127 cm³/mol. The molecule has 9 nitrogen and oxygen atoms in total. The molecular formula is C24H24N6O3S. The number of carbonyl (C=O) groups excluding carboxylic acids is 1. The lowest BCUT2D eigenvalue weighted by atomic mass is 10.1. The molecule has 0 aliphatic heterocycles. The van der Waals surface area contributed by atoms with E-state index in [4.69, 9.17) is 0 Å². The fourth-order valence-electron chi connectivity index (χ4n) is 3.77. The second-order valence-electron chi connectivity index (χ2n) is 7.99. The SMILES string of the molecule is Cc1cc(C)c(S(=O)(=O)NNC(=O)c2ccc(Cn3nnc(-c4ccccc4)n3)cc2)c(C)c1. The predicted octanol–water partition coefficient (Wildman–Crippen LogP) is 2.94. The van der Waals surface area contributed by atoms with E-state index in [0.717, 1.165) is 16.7 Å². The van der Waals surface area contributed by atoms with Crippen molar-refractivity contribution in [3.8, 4) is 11.4 Å². The molecule has 2 N–H and O–H groups in total. The average molecular weight is 477 g/mol. The second-order valence-corrected chi connectivity index (χ2v) is 9.61. The van der Waals surface area contributed by atoms with Gasteiger partial charge in [-0.2, -0.15) is 4.80 Å². The van der Waals surface area contributed by atoms with Gasteiger partial charge < -0.3 is 0 Å². The number of hydrogen-bond donors (Lipinski definition) is 2. The third kappa shape index (κ3) is 5.19. The topological polar surface area (TPSA) is 119 Å². The molecule has 0 bridgehead atoms. The standard InChI is InChI=1S/C24H24N6O3S/c1-16-13-17(2)22(18(3)14-16)34(32,33)29-26-24(31)21-11-9-19(10-12-21)15-30-27-23(25-28-30)20-7-5-4-6-8-20/h4-14,29H,15H2,1-3H3,(H,26,31). The van der Waals surface area contributed by atoms with Crippen LogP contribution in [-0.4, -0.2) is 34.5 Å². The Morgan fingerprint density at radius 2 is 1.59 bits per heavy atom. The molecule has 174 valence electrons. The van der Waals surface area contributed by atoms with Gasteiger partial charge in [-0.25, -0.2) is 8.42 Å². The minimum Gasteiger partial charge on any atom is -0.273 e. The smallest absolute Gasteiger partial charge is 0.266 e. The maximum Gasteiger partial charge on any atom is 0.266 e. The quantitative estimate of drug-likeness (QED) is 0.396. The van der Waals surface area contributed by atoms with E-state index < -0.39 is 15.9 Å². The number of hydrazine groups is 1. The Bertz CT molecular complexity index is 1410. The zero-order valence-electron chi connectivity index (χ0n) is 19.0. The molecule has 0 aliphatic rings. The minimum absolute atomic E-state index is 0.156. The molecule has 0 spiro atoms. The van der Waals surface area contributed by atoms with Gasteiger partial charge in [0.1, 0.15) is 0 Å². The lowest BCUT2D eigenvalue weighted by Gasteiger charge is -2.14. The molecule has 0 radical (unpaired) electrons. The van der Waals surface area contributed by atoms with E-state index in [0.29, 0.717) is 29.1 Å². The van der Waals surface area contributed by atoms with Gasteiger partial charge in [-0.3, -0.25) is 10.2 Å². The molecule has 4 rings (SSSR count). The summed E-state index contributed by atoms with van der Waals surface area (Å²) in [5, 5.41) is 12.5. The van der Waals surface area contributed by atoms with Crippen LogP contribution in [0, 0.1) is 20.8 Å². The van der Waals surface area contributed by atoms with Crippen LogP contribution in [0.5, 0.6) is 0 Å². The highest BCUT2D eigenvalue weighted by Crippen LogP contribution is 2.21. The highest BCUT2D eigenvalue weighted by atomic mass is 32.2. The summed E-state index contributed by atoms with van der Waals surface area (Å²) in [7, 11) is -3.92. The number of nitrogens with one attached hydrogen (secondary N) is 2. The number of tetrazole rings is 1. The molecule has 0 atom stereocenters. The van der Waals surface area contributed by atoms with Crippen molar-refractivity contribution in [2.75, 3.05) is 0 Å². The van der Waals surface area contributed by atoms with Gasteiger partial charge in [0.15, 0.2) is 0 Å². The molecular weight excluding hydrogens is 452 g/mol. The minimum atomic E-state index is -3.92. The molecule has 0 saturated heterocycles. The summed E-state index contributed by atoms with van der Waals surface area (Å²) < 4.78 is 25.5. The molecule has 1 amide bonds. The number of rotatable bonds is 7. The van der Waals surface area contributed by atoms with Gasteiger partial charge in [-0.05, 0) is 54.8 Å². The summed E-state index contributed by atoms with van der Waals surface area (Å²) in [6, 6.07) is 19.8. The van der Waals surface area contributed by atoms with Crippen molar-refractivity contribution in [1.29, 1.82) is 0 Å². The van der Waals surface area contributed by atoms with Gasteiger partial charge in [0.05, 0.1) is 11.4 Å². The number of hydrogen-bond acceptors (Lipinski definition) is 6. The van der Waals surface area contributed by atoms with Gasteiger partial charge in [0, 0.05) is 11.1 Å². The normalized spacial score (nSPS) is 11.4. The molecule has 4 aromatic rings. The summed E-state index contributed by atoms with van der Waals surface area (Å²) in [6.45, 7) is 5.72. The molecule has 1 aromatic heterocycles. The zero-order valence-corrected chi connectivity index (χ0v) is 19.8. The van der Waals surface area contributed by atoms with Crippen LogP contribution >= 0.6 is 0 Å². The maximum atomic E-state index is 12.7. The first-order valence-electron chi connectivity index (χ1n) is 10.5. The van der Waals surface area contributed by atoms with Gasteiger partial charge >= 0.3 is 0 Å². The Kier molecular flexibility index (Phi) is 6.53. The third-order valence-electron chi connectivity index (χ3n) is 5.20. The molecule has 10 heteroatoms. The molecule has 0 unspecified atom stereocenters. The van der Waals surface area contributed by atoms with Crippen molar-refractivity contribution in [2.24, 2.45) is 0 Å². The fourth-order valence-corrected chi connectivity index (χ4v) is 5.06. The molecule has 0 fully saturated rings. The van der Waals surface area contributed by atoms with Gasteiger partial charge in [0.25, 0.3) is 15.9 Å². The number of sulfonamides is 1. The lowest BCUT2D eigenvalue weighted by Crippen LogP contribution is -2.42. The van der Waals surface area contributed by atoms with Crippen molar-refractivity contribution >= 4 is 15.9 Å². The second kappa shape index (κ2) is 9.54. The van der Waals surface area contributed by atoms with Crippen molar-refractivity contribution < 1.29 is 13.2 Å². The maximum absolute atomic E-state index is 12.7. The van der Waals surface area contributed by atoms with Crippen LogP contribution in [0.2, 0.25) is 0 Å². The molecule has 0 aliphatic carbocycles. The van der Waals surface area contributed by atoms with Crippen LogP contribution in [-0.2, 0) is 16.6 Å². The monoisotopic (exact) mass is 476 g/mol. The summed E-state index contributed by atoms with van der Waals surface area (Å²) in [5.41, 5.74) is 6.51. The van der Waals surface area contributed by atoms with Crippen LogP contribution in [0.1, 0.15) is 32.6 Å². The van der Waals surface area contributed by atoms with Crippen molar-refractivity contribution in [3.63, 3.8) is 0 Å². The first-order valence-corrected chi connectivity index (χ1v) is 12.0. The number of aryl methyl sites for hydroxylation is 3. The van der Waals surface area contributed by atoms with E-state index in [1.165, 1.54) is 4.80 Å². The number of amides is 1. The van der Waals surface area contributed by atoms with Gasteiger partial charge in [-0.15, -0.1) is 15.0 Å². The van der Waals surface area contributed by atoms with Gasteiger partial charge in [0.2, 0.25) is 5.82 Å². The van der Waals surface area contributed by atoms with E-state index in [1.54, 1.807) is 50.2 Å². The zero-order chi connectivity index (χ0) is 24.3. The molecule has 3 aromatic carbocycles. The van der Waals surface area contributed by atoms with Crippen molar-refractivity contribution in [1.82, 2.24) is 30.5 Å². The Morgan fingerprint density at radius 1 is 0.941 bits per heavy atom. The Labute approximate surface area is 197 Å². The first-order chi connectivity index (χ1) is 16.2. The molecule has 1 heterocycles. The van der Waals surface area contributed by atoms with E-state index in [-0.39, 0.29) is 4.90 Å². The Hall–Kier alpha value is -3.89. The third-order valence-corrected chi connectivity index (χ3v) is 6.75. The Balaban J connectivity index is 1.39. The highest BCUT2D eigenvalue weighted by Gasteiger charge is 2.21. The number of nitrogens with zero attached hydrogens (tertiary/aromatic N) is 4. The van der Waals surface area contributed by atoms with Crippen LogP contribution in [0.3, 0.4) is 0 Å².